The molecule has 2 heterocycles. The molecule has 0 saturated heterocycles. The Morgan fingerprint density at radius 1 is 1.18 bits per heavy atom. The Labute approximate surface area is 126 Å². The van der Waals surface area contributed by atoms with Crippen molar-refractivity contribution in [2.75, 3.05) is 0 Å². The maximum absolute atomic E-state index is 12.4. The van der Waals surface area contributed by atoms with Crippen LogP contribution in [0.5, 0.6) is 0 Å². The van der Waals surface area contributed by atoms with Crippen LogP contribution >= 0.6 is 0 Å². The Kier molecular flexibility index (Phi) is 3.29. The molecule has 6 nitrogen and oxygen atoms in total. The van der Waals surface area contributed by atoms with Gasteiger partial charge >= 0.3 is 5.69 Å². The third kappa shape index (κ3) is 2.18. The largest absolute Gasteiger partial charge is 0.352 e. The standard InChI is InChI=1S/C16H16N4O2/c1-10-8-12(11(2)19(10)3)9-17-20-15(21)13-6-4-5-7-14(13)18-16(20)22/h4-9H,1-3H3,(H,18,22). The van der Waals surface area contributed by atoms with E-state index in [9.17, 15) is 9.59 Å². The van der Waals surface area contributed by atoms with Gasteiger partial charge in [0.25, 0.3) is 5.56 Å². The van der Waals surface area contributed by atoms with E-state index in [4.69, 9.17) is 0 Å². The van der Waals surface area contributed by atoms with Crippen LogP contribution in [0.3, 0.4) is 0 Å². The zero-order valence-electron chi connectivity index (χ0n) is 12.6. The number of aryl methyl sites for hydroxylation is 1. The van der Waals surface area contributed by atoms with Gasteiger partial charge in [-0.05, 0) is 32.0 Å². The van der Waals surface area contributed by atoms with Crippen molar-refractivity contribution in [2.24, 2.45) is 12.1 Å². The van der Waals surface area contributed by atoms with E-state index < -0.39 is 11.2 Å². The zero-order chi connectivity index (χ0) is 15.9. The minimum absolute atomic E-state index is 0.430. The van der Waals surface area contributed by atoms with Crippen molar-refractivity contribution >= 4 is 17.1 Å². The van der Waals surface area contributed by atoms with Gasteiger partial charge in [0.1, 0.15) is 0 Å². The van der Waals surface area contributed by atoms with Gasteiger partial charge in [0.05, 0.1) is 17.1 Å². The van der Waals surface area contributed by atoms with E-state index in [0.29, 0.717) is 10.9 Å². The molecule has 0 atom stereocenters. The van der Waals surface area contributed by atoms with Gasteiger partial charge in [0, 0.05) is 24.0 Å². The monoisotopic (exact) mass is 296 g/mol. The molecule has 0 radical (unpaired) electrons. The number of para-hydroxylation sites is 1. The predicted octanol–water partition coefficient (Wildman–Crippen LogP) is 1.53. The van der Waals surface area contributed by atoms with Crippen LogP contribution in [0.4, 0.5) is 0 Å². The fourth-order valence-electron chi connectivity index (χ4n) is 2.39. The van der Waals surface area contributed by atoms with Crippen LogP contribution in [-0.4, -0.2) is 20.4 Å². The molecule has 22 heavy (non-hydrogen) atoms. The first-order valence-electron chi connectivity index (χ1n) is 6.90. The van der Waals surface area contributed by atoms with Crippen LogP contribution in [0.25, 0.3) is 10.9 Å². The van der Waals surface area contributed by atoms with Gasteiger partial charge in [-0.2, -0.15) is 5.10 Å². The maximum Gasteiger partial charge on any atom is 0.349 e. The second-order valence-electron chi connectivity index (χ2n) is 5.22. The number of benzene rings is 1. The Bertz CT molecular complexity index is 1010. The van der Waals surface area contributed by atoms with Gasteiger partial charge in [-0.3, -0.25) is 4.79 Å². The van der Waals surface area contributed by atoms with Crippen LogP contribution in [-0.2, 0) is 7.05 Å². The Balaban J connectivity index is 2.15. The van der Waals surface area contributed by atoms with Crippen molar-refractivity contribution in [1.29, 1.82) is 0 Å². The number of fused-ring (bicyclic) bond motifs is 1. The smallest absolute Gasteiger partial charge is 0.349 e. The van der Waals surface area contributed by atoms with Gasteiger partial charge in [0.2, 0.25) is 0 Å². The number of nitrogens with zero attached hydrogens (tertiary/aromatic N) is 3. The van der Waals surface area contributed by atoms with Crippen molar-refractivity contribution in [1.82, 2.24) is 14.2 Å². The van der Waals surface area contributed by atoms with E-state index in [1.165, 1.54) is 6.21 Å². The van der Waals surface area contributed by atoms with Gasteiger partial charge < -0.3 is 9.55 Å². The van der Waals surface area contributed by atoms with E-state index in [0.717, 1.165) is 21.6 Å². The number of hydrogen-bond donors (Lipinski definition) is 1. The van der Waals surface area contributed by atoms with E-state index in [1.807, 2.05) is 31.5 Å². The number of nitrogens with one attached hydrogen (secondary N) is 1. The molecule has 1 aromatic carbocycles. The lowest BCUT2D eigenvalue weighted by Crippen LogP contribution is -2.32. The minimum Gasteiger partial charge on any atom is -0.352 e. The normalized spacial score (nSPS) is 11.6. The molecule has 0 unspecified atom stereocenters. The molecule has 0 bridgehead atoms. The molecule has 0 aliphatic carbocycles. The summed E-state index contributed by atoms with van der Waals surface area (Å²) in [5.74, 6) is 0. The van der Waals surface area contributed by atoms with Crippen LogP contribution < -0.4 is 11.2 Å². The molecule has 0 spiro atoms. The first-order valence-corrected chi connectivity index (χ1v) is 6.90. The fraction of sp³-hybridized carbons (Fsp3) is 0.188. The number of aromatic nitrogens is 3. The van der Waals surface area contributed by atoms with Crippen LogP contribution in [0.15, 0.2) is 45.0 Å². The third-order valence-corrected chi connectivity index (χ3v) is 3.91. The van der Waals surface area contributed by atoms with Gasteiger partial charge in [-0.1, -0.05) is 12.1 Å². The molecule has 0 aliphatic rings. The molecule has 112 valence electrons. The summed E-state index contributed by atoms with van der Waals surface area (Å²) in [6.45, 7) is 3.95. The summed E-state index contributed by atoms with van der Waals surface area (Å²) in [5, 5.41) is 4.49. The van der Waals surface area contributed by atoms with Crippen LogP contribution in [0, 0.1) is 13.8 Å². The highest BCUT2D eigenvalue weighted by molar-refractivity contribution is 5.82. The molecule has 0 saturated carbocycles. The highest BCUT2D eigenvalue weighted by Gasteiger charge is 2.07. The van der Waals surface area contributed by atoms with E-state index in [2.05, 4.69) is 10.1 Å². The molecule has 6 heteroatoms. The summed E-state index contributed by atoms with van der Waals surface area (Å²) in [7, 11) is 1.96. The number of hydrogen-bond acceptors (Lipinski definition) is 3. The van der Waals surface area contributed by atoms with Gasteiger partial charge in [-0.25, -0.2) is 4.79 Å². The number of aromatic amines is 1. The second kappa shape index (κ2) is 5.14. The molecule has 3 rings (SSSR count). The molecule has 0 fully saturated rings. The van der Waals surface area contributed by atoms with Crippen molar-refractivity contribution in [2.45, 2.75) is 13.8 Å². The number of H-pyrrole nitrogens is 1. The molecule has 1 N–H and O–H groups in total. The van der Waals surface area contributed by atoms with E-state index >= 15 is 0 Å². The van der Waals surface area contributed by atoms with E-state index in [1.54, 1.807) is 24.3 Å². The summed E-state index contributed by atoms with van der Waals surface area (Å²) in [6, 6.07) is 8.83. The minimum atomic E-state index is -0.551. The molecule has 3 aromatic rings. The summed E-state index contributed by atoms with van der Waals surface area (Å²) in [4.78, 5) is 27.0. The lowest BCUT2D eigenvalue weighted by atomic mass is 10.2. The van der Waals surface area contributed by atoms with Crippen molar-refractivity contribution in [3.63, 3.8) is 0 Å². The topological polar surface area (TPSA) is 72.2 Å². The lowest BCUT2D eigenvalue weighted by Gasteiger charge is -2.01. The Morgan fingerprint density at radius 2 is 1.91 bits per heavy atom. The van der Waals surface area contributed by atoms with Gasteiger partial charge in [-0.15, -0.1) is 4.68 Å². The van der Waals surface area contributed by atoms with Crippen LogP contribution in [0.2, 0.25) is 0 Å². The predicted molar refractivity (Wildman–Crippen MR) is 86.7 cm³/mol. The second-order valence-corrected chi connectivity index (χ2v) is 5.22. The molecular formula is C16H16N4O2. The average molecular weight is 296 g/mol. The first kappa shape index (κ1) is 14.1. The number of rotatable bonds is 2. The van der Waals surface area contributed by atoms with Crippen LogP contribution in [0.1, 0.15) is 17.0 Å². The third-order valence-electron chi connectivity index (χ3n) is 3.91. The average Bonchev–Trinajstić information content (AvgIpc) is 2.74. The quantitative estimate of drug-likeness (QED) is 0.728. The fourth-order valence-corrected chi connectivity index (χ4v) is 2.39. The van der Waals surface area contributed by atoms with E-state index in [-0.39, 0.29) is 0 Å². The SMILES string of the molecule is Cc1cc(C=Nn2c(=O)[nH]c3ccccc3c2=O)c(C)n1C. The summed E-state index contributed by atoms with van der Waals surface area (Å²) in [5.41, 5.74) is 2.51. The Hall–Kier alpha value is -2.89. The molecular weight excluding hydrogens is 280 g/mol. The summed E-state index contributed by atoms with van der Waals surface area (Å²) in [6.07, 6.45) is 1.54. The molecule has 0 aliphatic heterocycles. The highest BCUT2D eigenvalue weighted by atomic mass is 16.2. The van der Waals surface area contributed by atoms with Crippen molar-refractivity contribution < 1.29 is 0 Å². The lowest BCUT2D eigenvalue weighted by molar-refractivity contribution is 0.771. The summed E-state index contributed by atoms with van der Waals surface area (Å²) >= 11 is 0. The van der Waals surface area contributed by atoms with Crippen molar-refractivity contribution in [3.05, 3.63) is 68.1 Å². The molecule has 2 aromatic heterocycles. The summed E-state index contributed by atoms with van der Waals surface area (Å²) < 4.78 is 2.87. The highest BCUT2D eigenvalue weighted by Crippen LogP contribution is 2.10. The molecule has 0 amide bonds. The van der Waals surface area contributed by atoms with Crippen molar-refractivity contribution in [3.8, 4) is 0 Å². The Morgan fingerprint density at radius 3 is 2.59 bits per heavy atom. The zero-order valence-corrected chi connectivity index (χ0v) is 12.6. The first-order chi connectivity index (χ1) is 10.5. The maximum atomic E-state index is 12.4. The van der Waals surface area contributed by atoms with Gasteiger partial charge in [0.15, 0.2) is 0 Å².